The van der Waals surface area contributed by atoms with Crippen molar-refractivity contribution in [2.75, 3.05) is 6.61 Å². The molecule has 0 aliphatic heterocycles. The molecule has 0 aromatic carbocycles. The maximum Gasteiger partial charge on any atom is 0.217 e. The SMILES string of the molecule is CC(C)(O)OCC(O)CC(O)C(F)n1cccn1. The predicted octanol–water partition coefficient (Wildman–Crippen LogP) is 0.208. The van der Waals surface area contributed by atoms with Crippen molar-refractivity contribution in [3.63, 3.8) is 0 Å². The quantitative estimate of drug-likeness (QED) is 0.611. The maximum atomic E-state index is 13.6. The Kier molecular flexibility index (Phi) is 5.21. The van der Waals surface area contributed by atoms with Gasteiger partial charge in [0.25, 0.3) is 0 Å². The summed E-state index contributed by atoms with van der Waals surface area (Å²) in [5, 5.41) is 32.0. The Labute approximate surface area is 105 Å². The third-order valence-electron chi connectivity index (χ3n) is 2.24. The minimum Gasteiger partial charge on any atom is -0.391 e. The number of rotatable bonds is 7. The van der Waals surface area contributed by atoms with E-state index in [4.69, 9.17) is 4.74 Å². The Morgan fingerprint density at radius 2 is 2.11 bits per heavy atom. The van der Waals surface area contributed by atoms with Crippen molar-refractivity contribution in [1.29, 1.82) is 0 Å². The molecule has 3 N–H and O–H groups in total. The molecule has 1 heterocycles. The van der Waals surface area contributed by atoms with Crippen molar-refractivity contribution in [1.82, 2.24) is 9.78 Å². The highest BCUT2D eigenvalue weighted by Crippen LogP contribution is 2.17. The average molecular weight is 262 g/mol. The molecule has 0 aliphatic carbocycles. The van der Waals surface area contributed by atoms with Gasteiger partial charge in [0.1, 0.15) is 6.10 Å². The monoisotopic (exact) mass is 262 g/mol. The van der Waals surface area contributed by atoms with Crippen LogP contribution in [0.15, 0.2) is 18.5 Å². The highest BCUT2D eigenvalue weighted by molar-refractivity contribution is 4.81. The molecule has 0 radical (unpaired) electrons. The lowest BCUT2D eigenvalue weighted by Crippen LogP contribution is -2.32. The summed E-state index contributed by atoms with van der Waals surface area (Å²) in [6.45, 7) is 2.64. The number of hydrogen-bond donors (Lipinski definition) is 3. The number of alkyl halides is 1. The van der Waals surface area contributed by atoms with E-state index >= 15 is 0 Å². The lowest BCUT2D eigenvalue weighted by atomic mass is 10.1. The van der Waals surface area contributed by atoms with Crippen LogP contribution in [0.3, 0.4) is 0 Å². The van der Waals surface area contributed by atoms with Gasteiger partial charge in [-0.1, -0.05) is 0 Å². The Morgan fingerprint density at radius 1 is 1.44 bits per heavy atom. The van der Waals surface area contributed by atoms with E-state index in [1.807, 2.05) is 0 Å². The van der Waals surface area contributed by atoms with Crippen molar-refractivity contribution in [3.05, 3.63) is 18.5 Å². The Morgan fingerprint density at radius 3 is 2.61 bits per heavy atom. The minimum absolute atomic E-state index is 0.188. The van der Waals surface area contributed by atoms with E-state index in [1.54, 1.807) is 0 Å². The summed E-state index contributed by atoms with van der Waals surface area (Å²) in [6, 6.07) is 1.53. The van der Waals surface area contributed by atoms with E-state index in [1.165, 1.54) is 32.3 Å². The molecule has 3 unspecified atom stereocenters. The Hall–Kier alpha value is -1.02. The number of halogens is 1. The van der Waals surface area contributed by atoms with Crippen molar-refractivity contribution in [2.45, 2.75) is 44.6 Å². The van der Waals surface area contributed by atoms with Crippen LogP contribution < -0.4 is 0 Å². The first-order valence-electron chi connectivity index (χ1n) is 5.65. The molecule has 6 nitrogen and oxygen atoms in total. The molecule has 0 amide bonds. The molecule has 1 rings (SSSR count). The molecule has 0 aliphatic rings. The summed E-state index contributed by atoms with van der Waals surface area (Å²) in [5.74, 6) is -1.37. The fourth-order valence-electron chi connectivity index (χ4n) is 1.36. The van der Waals surface area contributed by atoms with Gasteiger partial charge < -0.3 is 20.1 Å². The van der Waals surface area contributed by atoms with Crippen molar-refractivity contribution < 1.29 is 24.4 Å². The van der Waals surface area contributed by atoms with Gasteiger partial charge in [-0.25, -0.2) is 9.07 Å². The molecular weight excluding hydrogens is 243 g/mol. The molecule has 0 saturated heterocycles. The van der Waals surface area contributed by atoms with E-state index in [0.29, 0.717) is 0 Å². The third kappa shape index (κ3) is 5.09. The van der Waals surface area contributed by atoms with Gasteiger partial charge in [0.15, 0.2) is 5.79 Å². The highest BCUT2D eigenvalue weighted by atomic mass is 19.1. The summed E-state index contributed by atoms with van der Waals surface area (Å²) in [4.78, 5) is 0. The first kappa shape index (κ1) is 15.0. The van der Waals surface area contributed by atoms with Crippen LogP contribution in [0.2, 0.25) is 0 Å². The number of aliphatic hydroxyl groups excluding tert-OH is 2. The van der Waals surface area contributed by atoms with E-state index in [2.05, 4.69) is 5.10 Å². The fourth-order valence-corrected chi connectivity index (χ4v) is 1.36. The molecule has 0 fully saturated rings. The van der Waals surface area contributed by atoms with Crippen LogP contribution >= 0.6 is 0 Å². The minimum atomic E-state index is -1.73. The molecule has 3 atom stereocenters. The van der Waals surface area contributed by atoms with Gasteiger partial charge in [0.05, 0.1) is 12.7 Å². The van der Waals surface area contributed by atoms with Gasteiger partial charge in [-0.2, -0.15) is 5.10 Å². The Bertz CT molecular complexity index is 339. The zero-order valence-corrected chi connectivity index (χ0v) is 10.4. The van der Waals surface area contributed by atoms with Crippen molar-refractivity contribution >= 4 is 0 Å². The van der Waals surface area contributed by atoms with E-state index < -0.39 is 24.3 Å². The number of aliphatic hydroxyl groups is 3. The number of nitrogens with zero attached hydrogens (tertiary/aromatic N) is 2. The molecule has 1 aromatic rings. The van der Waals surface area contributed by atoms with Crippen LogP contribution in [0.5, 0.6) is 0 Å². The second-order valence-electron chi connectivity index (χ2n) is 4.57. The summed E-state index contributed by atoms with van der Waals surface area (Å²) in [7, 11) is 0. The molecule has 7 heteroatoms. The summed E-state index contributed by atoms with van der Waals surface area (Å²) >= 11 is 0. The van der Waals surface area contributed by atoms with Crippen LogP contribution in [-0.2, 0) is 4.74 Å². The summed E-state index contributed by atoms with van der Waals surface area (Å²) < 4.78 is 19.5. The zero-order valence-electron chi connectivity index (χ0n) is 10.4. The first-order valence-corrected chi connectivity index (χ1v) is 5.65. The number of hydrogen-bond acceptors (Lipinski definition) is 5. The summed E-state index contributed by atoms with van der Waals surface area (Å²) in [5.41, 5.74) is 0. The topological polar surface area (TPSA) is 87.7 Å². The second-order valence-corrected chi connectivity index (χ2v) is 4.57. The van der Waals surface area contributed by atoms with Crippen LogP contribution in [0.4, 0.5) is 4.39 Å². The first-order chi connectivity index (χ1) is 8.29. The third-order valence-corrected chi connectivity index (χ3v) is 2.24. The van der Waals surface area contributed by atoms with Gasteiger partial charge >= 0.3 is 0 Å². The molecule has 104 valence electrons. The van der Waals surface area contributed by atoms with E-state index in [0.717, 1.165) is 4.68 Å². The van der Waals surface area contributed by atoms with Gasteiger partial charge in [-0.05, 0) is 19.9 Å². The maximum absolute atomic E-state index is 13.6. The number of aromatic nitrogens is 2. The van der Waals surface area contributed by atoms with Crippen LogP contribution in [-0.4, -0.2) is 49.7 Å². The van der Waals surface area contributed by atoms with Crippen LogP contribution in [0, 0.1) is 0 Å². The normalized spacial score (nSPS) is 17.4. The zero-order chi connectivity index (χ0) is 13.8. The Balaban J connectivity index is 2.37. The van der Waals surface area contributed by atoms with Gasteiger partial charge in [0.2, 0.25) is 6.30 Å². The summed E-state index contributed by atoms with van der Waals surface area (Å²) in [6.07, 6.45) is -1.62. The second kappa shape index (κ2) is 6.24. The average Bonchev–Trinajstić information content (AvgIpc) is 2.77. The molecule has 0 bridgehead atoms. The molecular formula is C11H19FN2O4. The highest BCUT2D eigenvalue weighted by Gasteiger charge is 2.24. The predicted molar refractivity (Wildman–Crippen MR) is 61.3 cm³/mol. The lowest BCUT2D eigenvalue weighted by Gasteiger charge is -2.23. The molecule has 1 aromatic heterocycles. The van der Waals surface area contributed by atoms with Crippen LogP contribution in [0.1, 0.15) is 26.6 Å². The molecule has 0 spiro atoms. The van der Waals surface area contributed by atoms with Crippen molar-refractivity contribution in [3.8, 4) is 0 Å². The largest absolute Gasteiger partial charge is 0.391 e. The molecule has 0 saturated carbocycles. The number of ether oxygens (including phenoxy) is 1. The standard InChI is InChI=1S/C11H19FN2O4/c1-11(2,17)18-7-8(15)6-9(16)10(12)14-5-3-4-13-14/h3-5,8-10,15-17H,6-7H2,1-2H3. The van der Waals surface area contributed by atoms with Gasteiger partial charge in [0, 0.05) is 18.8 Å². The van der Waals surface area contributed by atoms with Gasteiger partial charge in [-0.3, -0.25) is 0 Å². The van der Waals surface area contributed by atoms with Crippen LogP contribution in [0.25, 0.3) is 0 Å². The van der Waals surface area contributed by atoms with Gasteiger partial charge in [-0.15, -0.1) is 0 Å². The smallest absolute Gasteiger partial charge is 0.217 e. The van der Waals surface area contributed by atoms with Crippen molar-refractivity contribution in [2.24, 2.45) is 0 Å². The van der Waals surface area contributed by atoms with E-state index in [9.17, 15) is 19.7 Å². The fraction of sp³-hybridized carbons (Fsp3) is 0.727. The van der Waals surface area contributed by atoms with E-state index in [-0.39, 0.29) is 13.0 Å². The molecule has 18 heavy (non-hydrogen) atoms. The lowest BCUT2D eigenvalue weighted by molar-refractivity contribution is -0.193.